The summed E-state index contributed by atoms with van der Waals surface area (Å²) in [6.07, 6.45) is 2.12. The smallest absolute Gasteiger partial charge is 0.244 e. The van der Waals surface area contributed by atoms with Crippen molar-refractivity contribution in [2.75, 3.05) is 5.32 Å². The standard InChI is InChI=1S/C14H19N2O3.CH4.Fm/c1-10(2)7-13(15-9-18)14(19)16-12-5-3-11(8-17)4-6-12;;/h3-6,10,13,17H,7-8H2,1-2H3,(H,15,18)(H,16,19);1H4;/q-1;;. The molecule has 0 spiro atoms. The number of benzene rings is 1. The first kappa shape index (κ1) is 20.4. The largest absolute Gasteiger partial charge is 0.520 e. The molecule has 3 N–H and O–H groups in total. The van der Waals surface area contributed by atoms with Gasteiger partial charge in [-0.25, -0.2) is 0 Å². The number of anilines is 1. The van der Waals surface area contributed by atoms with E-state index < -0.39 is 6.04 Å². The third-order valence-corrected chi connectivity index (χ3v) is 2.66. The molecule has 0 bridgehead atoms. The van der Waals surface area contributed by atoms with Gasteiger partial charge < -0.3 is 20.5 Å². The van der Waals surface area contributed by atoms with Gasteiger partial charge in [0.1, 0.15) is 0 Å². The molecule has 6 heteroatoms. The summed E-state index contributed by atoms with van der Waals surface area (Å²) in [4.78, 5) is 22.4. The number of carbonyl (C=O) groups excluding carboxylic acids is 2. The molecule has 5 nitrogen and oxygen atoms in total. The molecule has 1 aromatic carbocycles. The Hall–Kier alpha value is -2.88. The van der Waals surface area contributed by atoms with Crippen LogP contribution < -0.4 is 10.6 Å². The number of amides is 2. The molecule has 1 rings (SSSR count). The van der Waals surface area contributed by atoms with E-state index in [1.165, 1.54) is 0 Å². The van der Waals surface area contributed by atoms with Crippen molar-refractivity contribution in [2.24, 2.45) is 5.92 Å². The molecule has 0 saturated heterocycles. The quantitative estimate of drug-likeness (QED) is 0.368. The van der Waals surface area contributed by atoms with Crippen molar-refractivity contribution in [3.8, 4) is 0 Å². The minimum atomic E-state index is -0.588. The topological polar surface area (TPSA) is 78.4 Å². The summed E-state index contributed by atoms with van der Waals surface area (Å²) >= 11 is 0. The number of aliphatic hydroxyl groups is 1. The predicted octanol–water partition coefficient (Wildman–Crippen LogP) is 1.82. The van der Waals surface area contributed by atoms with Crippen LogP contribution in [-0.2, 0) is 16.2 Å². The first-order valence-electron chi connectivity index (χ1n) is 6.20. The summed E-state index contributed by atoms with van der Waals surface area (Å²) in [6.45, 7) is 3.91. The summed E-state index contributed by atoms with van der Waals surface area (Å²) in [5, 5.41) is 14.0. The van der Waals surface area contributed by atoms with Crippen LogP contribution in [-0.4, -0.2) is 23.5 Å². The molecular weight excluding hydrogens is 513 g/mol. The number of aliphatic hydroxyl groups excluding tert-OH is 1. The van der Waals surface area contributed by atoms with E-state index in [0.29, 0.717) is 12.1 Å². The minimum Gasteiger partial charge on any atom is -0.520 e. The molecule has 0 aliphatic heterocycles. The van der Waals surface area contributed by atoms with Gasteiger partial charge in [-0.2, -0.15) is 6.41 Å². The molecule has 0 heterocycles. The first-order valence-corrected chi connectivity index (χ1v) is 6.20. The Bertz CT molecular complexity index is 421. The first-order chi connectivity index (χ1) is 9.06. The molecule has 0 fully saturated rings. The maximum atomic E-state index is 12.0. The van der Waals surface area contributed by atoms with Crippen LogP contribution >= 0.6 is 0 Å². The third kappa shape index (κ3) is 6.73. The number of hydrogen-bond acceptors (Lipinski definition) is 3. The van der Waals surface area contributed by atoms with Crippen LogP contribution in [0.4, 0.5) is 5.69 Å². The summed E-state index contributed by atoms with van der Waals surface area (Å²) in [6, 6.07) is 6.29. The van der Waals surface area contributed by atoms with Crippen LogP contribution in [0.25, 0.3) is 0 Å². The number of rotatable bonds is 7. The summed E-state index contributed by atoms with van der Waals surface area (Å²) in [5.74, 6) is 0.0159. The van der Waals surface area contributed by atoms with Gasteiger partial charge in [0.15, 0.2) is 0 Å². The normalized spacial score (nSPS) is 10.9. The number of hydrogen-bond donors (Lipinski definition) is 3. The van der Waals surface area contributed by atoms with Crippen molar-refractivity contribution < 1.29 is 14.7 Å². The van der Waals surface area contributed by atoms with E-state index in [1.807, 2.05) is 13.8 Å². The van der Waals surface area contributed by atoms with Crippen molar-refractivity contribution in [3.05, 3.63) is 29.8 Å². The fourth-order valence-electron chi connectivity index (χ4n) is 1.70. The van der Waals surface area contributed by atoms with Crippen molar-refractivity contribution >= 4 is 18.0 Å². The molecule has 2 amide bonds. The Labute approximate surface area is 120 Å². The van der Waals surface area contributed by atoms with Gasteiger partial charge >= 0.3 is 0 Å². The van der Waals surface area contributed by atoms with Gasteiger partial charge in [-0.05, 0) is 30.0 Å². The van der Waals surface area contributed by atoms with E-state index in [0.717, 1.165) is 5.56 Å². The van der Waals surface area contributed by atoms with Crippen LogP contribution in [0.1, 0.15) is 33.3 Å². The SMILES string of the molecule is C.CC(C)CC(N[C-]=O)C(=O)Nc1ccc(CO)cc1.[Fm]. The molecular formula is C15H23FmN2O3-. The molecule has 124 valence electrons. The Morgan fingerprint density at radius 1 is 1.29 bits per heavy atom. The second-order valence-corrected chi connectivity index (χ2v) is 4.77. The van der Waals surface area contributed by atoms with Crippen LogP contribution in [0.3, 0.4) is 0 Å². The van der Waals surface area contributed by atoms with Gasteiger partial charge in [-0.1, -0.05) is 33.4 Å². The summed E-state index contributed by atoms with van der Waals surface area (Å²) < 4.78 is 0. The molecule has 0 saturated carbocycles. The zero-order chi connectivity index (χ0) is 14.3. The summed E-state index contributed by atoms with van der Waals surface area (Å²) in [7, 11) is 0. The molecule has 0 aliphatic rings. The zero-order valence-corrected chi connectivity index (χ0v) is 13.8. The van der Waals surface area contributed by atoms with Gasteiger partial charge in [0.2, 0.25) is 5.91 Å². The van der Waals surface area contributed by atoms with Crippen molar-refractivity contribution in [2.45, 2.75) is 40.3 Å². The van der Waals surface area contributed by atoms with Gasteiger partial charge in [-0.15, -0.1) is 0 Å². The van der Waals surface area contributed by atoms with Crippen molar-refractivity contribution in [1.82, 2.24) is 5.32 Å². The van der Waals surface area contributed by atoms with Gasteiger partial charge in [0, 0.05) is 5.69 Å². The molecule has 0 aliphatic carbocycles. The Balaban J connectivity index is 0. The number of carbonyl (C=O) groups is 1. The fraction of sp³-hybridized carbons (Fsp3) is 0.467. The molecule has 0 radical (unpaired) electrons. The second-order valence-electron chi connectivity index (χ2n) is 4.77. The third-order valence-electron chi connectivity index (χ3n) is 2.66. The van der Waals surface area contributed by atoms with Crippen molar-refractivity contribution in [3.63, 3.8) is 0 Å². The van der Waals surface area contributed by atoms with E-state index >= 15 is 0 Å². The number of nitrogens with one attached hydrogen (secondary N) is 2. The van der Waals surface area contributed by atoms with Crippen LogP contribution in [0.15, 0.2) is 24.3 Å². The molecule has 1 unspecified atom stereocenters. The van der Waals surface area contributed by atoms with Crippen LogP contribution in [0.5, 0.6) is 0 Å². The Kier molecular flexibility index (Phi) is 9.71. The molecule has 21 heavy (non-hydrogen) atoms. The fourth-order valence-corrected chi connectivity index (χ4v) is 1.70. The summed E-state index contributed by atoms with van der Waals surface area (Å²) in [5.41, 5.74) is 1.40. The maximum Gasteiger partial charge on any atom is 0.244 e. The molecule has 1 aromatic rings. The predicted molar refractivity (Wildman–Crippen MR) is 79.8 cm³/mol. The molecule has 1 atom stereocenters. The van der Waals surface area contributed by atoms with E-state index in [2.05, 4.69) is 10.6 Å². The van der Waals surface area contributed by atoms with E-state index in [4.69, 9.17) is 5.11 Å². The zero-order valence-electron chi connectivity index (χ0n) is 11.4. The Morgan fingerprint density at radius 2 is 1.86 bits per heavy atom. The minimum absolute atomic E-state index is 0. The van der Waals surface area contributed by atoms with E-state index in [9.17, 15) is 9.59 Å². The van der Waals surface area contributed by atoms with Gasteiger partial charge in [0.05, 0.1) is 12.6 Å². The average molecular weight is 536 g/mol. The van der Waals surface area contributed by atoms with Gasteiger partial charge in [0.25, 0.3) is 0 Å². The monoisotopic (exact) mass is 536 g/mol. The van der Waals surface area contributed by atoms with Crippen LogP contribution in [0, 0.1) is 5.92 Å². The van der Waals surface area contributed by atoms with Crippen molar-refractivity contribution in [1.29, 1.82) is 0 Å². The van der Waals surface area contributed by atoms with Gasteiger partial charge in [-0.3, -0.25) is 4.79 Å². The average Bonchev–Trinajstić information content (AvgIpc) is 2.38. The Morgan fingerprint density at radius 3 is 2.29 bits per heavy atom. The van der Waals surface area contributed by atoms with E-state index in [1.54, 1.807) is 30.7 Å². The van der Waals surface area contributed by atoms with Crippen LogP contribution in [0.2, 0.25) is 0 Å². The maximum absolute atomic E-state index is 12.0. The molecule has 0 aromatic heterocycles. The van der Waals surface area contributed by atoms with E-state index in [-0.39, 0.29) is 25.9 Å². The second kappa shape index (κ2) is 9.97.